The van der Waals surface area contributed by atoms with Gasteiger partial charge in [0.05, 0.1) is 21.6 Å². The van der Waals surface area contributed by atoms with Crippen LogP contribution in [0.1, 0.15) is 44.2 Å². The van der Waals surface area contributed by atoms with Crippen LogP contribution in [0, 0.1) is 0 Å². The van der Waals surface area contributed by atoms with Gasteiger partial charge >= 0.3 is 0 Å². The van der Waals surface area contributed by atoms with Crippen LogP contribution in [0.4, 0.5) is 0 Å². The first-order valence-corrected chi connectivity index (χ1v) is 7.23. The van der Waals surface area contributed by atoms with Crippen molar-refractivity contribution in [1.29, 1.82) is 0 Å². The van der Waals surface area contributed by atoms with E-state index >= 15 is 0 Å². The summed E-state index contributed by atoms with van der Waals surface area (Å²) >= 11 is 11.9. The number of halogens is 2. The predicted octanol–water partition coefficient (Wildman–Crippen LogP) is 3.44. The van der Waals surface area contributed by atoms with Crippen LogP contribution in [0.15, 0.2) is 18.2 Å². The minimum absolute atomic E-state index is 0.0800. The minimum Gasteiger partial charge on any atom is -0.348 e. The predicted molar refractivity (Wildman–Crippen MR) is 78.4 cm³/mol. The Kier molecular flexibility index (Phi) is 4.39. The van der Waals surface area contributed by atoms with Gasteiger partial charge in [0.15, 0.2) is 0 Å². The van der Waals surface area contributed by atoms with Crippen LogP contribution >= 0.6 is 23.2 Å². The molecule has 1 aromatic rings. The lowest BCUT2D eigenvalue weighted by molar-refractivity contribution is -0.126. The fourth-order valence-electron chi connectivity index (χ4n) is 2.44. The molecule has 1 atom stereocenters. The Hall–Kier alpha value is -0.770. The summed E-state index contributed by atoms with van der Waals surface area (Å²) in [5.74, 6) is -0.0800. The standard InChI is InChI=1S/C14H18Cl2N2O/c1-9(10-4-5-11(15)12(16)8-10)18-13(19)14(17)6-2-3-7-14/h4-5,8-9H,2-3,6-7,17H2,1H3,(H,18,19). The zero-order chi connectivity index (χ0) is 14.0. The SMILES string of the molecule is CC(NC(=O)C1(N)CCCC1)c1ccc(Cl)c(Cl)c1. The van der Waals surface area contributed by atoms with Gasteiger partial charge in [0, 0.05) is 0 Å². The smallest absolute Gasteiger partial charge is 0.240 e. The highest BCUT2D eigenvalue weighted by Crippen LogP contribution is 2.29. The molecule has 0 spiro atoms. The van der Waals surface area contributed by atoms with Gasteiger partial charge in [-0.15, -0.1) is 0 Å². The van der Waals surface area contributed by atoms with Gasteiger partial charge in [-0.3, -0.25) is 4.79 Å². The molecule has 5 heteroatoms. The number of hydrogen-bond donors (Lipinski definition) is 2. The maximum Gasteiger partial charge on any atom is 0.240 e. The molecule has 3 N–H and O–H groups in total. The third kappa shape index (κ3) is 3.22. The van der Waals surface area contributed by atoms with Gasteiger partial charge in [0.2, 0.25) is 5.91 Å². The average Bonchev–Trinajstić information content (AvgIpc) is 2.81. The van der Waals surface area contributed by atoms with E-state index < -0.39 is 5.54 Å². The Morgan fingerprint density at radius 1 is 1.32 bits per heavy atom. The van der Waals surface area contributed by atoms with Crippen LogP contribution in [0.3, 0.4) is 0 Å². The molecule has 0 radical (unpaired) electrons. The van der Waals surface area contributed by atoms with E-state index in [0.29, 0.717) is 10.0 Å². The Balaban J connectivity index is 2.06. The van der Waals surface area contributed by atoms with E-state index in [0.717, 1.165) is 31.2 Å². The Labute approximate surface area is 123 Å². The molecule has 2 rings (SSSR count). The second-order valence-electron chi connectivity index (χ2n) is 5.23. The monoisotopic (exact) mass is 300 g/mol. The van der Waals surface area contributed by atoms with Gasteiger partial charge in [-0.25, -0.2) is 0 Å². The number of nitrogens with two attached hydrogens (primary N) is 1. The number of carbonyl (C=O) groups is 1. The molecule has 0 aromatic heterocycles. The van der Waals surface area contributed by atoms with Gasteiger partial charge in [0.1, 0.15) is 0 Å². The Bertz CT molecular complexity index is 484. The number of hydrogen-bond acceptors (Lipinski definition) is 2. The van der Waals surface area contributed by atoms with E-state index in [4.69, 9.17) is 28.9 Å². The van der Waals surface area contributed by atoms with Gasteiger partial charge < -0.3 is 11.1 Å². The molecule has 1 aromatic carbocycles. The van der Waals surface area contributed by atoms with E-state index in [9.17, 15) is 4.79 Å². The first-order valence-electron chi connectivity index (χ1n) is 6.47. The number of amides is 1. The lowest BCUT2D eigenvalue weighted by Crippen LogP contribution is -2.52. The van der Waals surface area contributed by atoms with Crippen LogP contribution < -0.4 is 11.1 Å². The molecule has 1 aliphatic carbocycles. The molecule has 0 aliphatic heterocycles. The molecule has 1 unspecified atom stereocenters. The van der Waals surface area contributed by atoms with Crippen LogP contribution in [-0.4, -0.2) is 11.4 Å². The number of carbonyl (C=O) groups excluding carboxylic acids is 1. The largest absolute Gasteiger partial charge is 0.348 e. The van der Waals surface area contributed by atoms with Crippen molar-refractivity contribution in [2.24, 2.45) is 5.73 Å². The lowest BCUT2D eigenvalue weighted by atomic mass is 9.97. The minimum atomic E-state index is -0.704. The Morgan fingerprint density at radius 2 is 1.95 bits per heavy atom. The summed E-state index contributed by atoms with van der Waals surface area (Å²) in [6.07, 6.45) is 3.55. The summed E-state index contributed by atoms with van der Waals surface area (Å²) in [7, 11) is 0. The quantitative estimate of drug-likeness (QED) is 0.898. The number of nitrogens with one attached hydrogen (secondary N) is 1. The second kappa shape index (κ2) is 5.70. The molecule has 1 saturated carbocycles. The molecule has 0 saturated heterocycles. The van der Waals surface area contributed by atoms with Crippen LogP contribution in [0.2, 0.25) is 10.0 Å². The zero-order valence-corrected chi connectivity index (χ0v) is 12.4. The first kappa shape index (κ1) is 14.6. The fourth-order valence-corrected chi connectivity index (χ4v) is 2.74. The molecule has 104 valence electrons. The highest BCUT2D eigenvalue weighted by molar-refractivity contribution is 6.42. The van der Waals surface area contributed by atoms with E-state index in [1.165, 1.54) is 0 Å². The first-order chi connectivity index (χ1) is 8.92. The van der Waals surface area contributed by atoms with Gasteiger partial charge in [-0.05, 0) is 37.5 Å². The van der Waals surface area contributed by atoms with Crippen LogP contribution in [0.5, 0.6) is 0 Å². The topological polar surface area (TPSA) is 55.1 Å². The third-order valence-corrected chi connectivity index (χ3v) is 4.48. The summed E-state index contributed by atoms with van der Waals surface area (Å²) in [6, 6.07) is 5.22. The fraction of sp³-hybridized carbons (Fsp3) is 0.500. The van der Waals surface area contributed by atoms with Gasteiger partial charge in [-0.2, -0.15) is 0 Å². The normalized spacial score (nSPS) is 19.2. The van der Waals surface area contributed by atoms with Crippen molar-refractivity contribution in [2.75, 3.05) is 0 Å². The molecule has 1 aliphatic rings. The van der Waals surface area contributed by atoms with Crippen molar-refractivity contribution in [3.05, 3.63) is 33.8 Å². The molecule has 0 bridgehead atoms. The van der Waals surface area contributed by atoms with Crippen molar-refractivity contribution in [2.45, 2.75) is 44.2 Å². The highest BCUT2D eigenvalue weighted by Gasteiger charge is 2.37. The summed E-state index contributed by atoms with van der Waals surface area (Å²) in [5, 5.41) is 3.96. The summed E-state index contributed by atoms with van der Waals surface area (Å²) in [5.41, 5.74) is 6.34. The van der Waals surface area contributed by atoms with Crippen LogP contribution in [-0.2, 0) is 4.79 Å². The molecule has 3 nitrogen and oxygen atoms in total. The number of benzene rings is 1. The molecule has 19 heavy (non-hydrogen) atoms. The molecular weight excluding hydrogens is 283 g/mol. The van der Waals surface area contributed by atoms with Crippen molar-refractivity contribution >= 4 is 29.1 Å². The highest BCUT2D eigenvalue weighted by atomic mass is 35.5. The van der Waals surface area contributed by atoms with Crippen molar-refractivity contribution in [3.63, 3.8) is 0 Å². The molecule has 1 amide bonds. The zero-order valence-electron chi connectivity index (χ0n) is 10.9. The van der Waals surface area contributed by atoms with Gasteiger partial charge in [-0.1, -0.05) is 42.1 Å². The maximum absolute atomic E-state index is 12.2. The summed E-state index contributed by atoms with van der Waals surface area (Å²) in [4.78, 5) is 12.2. The Morgan fingerprint density at radius 3 is 2.53 bits per heavy atom. The summed E-state index contributed by atoms with van der Waals surface area (Å²) in [6.45, 7) is 1.91. The van der Waals surface area contributed by atoms with E-state index in [-0.39, 0.29) is 11.9 Å². The van der Waals surface area contributed by atoms with E-state index in [2.05, 4.69) is 5.32 Å². The maximum atomic E-state index is 12.2. The summed E-state index contributed by atoms with van der Waals surface area (Å²) < 4.78 is 0. The second-order valence-corrected chi connectivity index (χ2v) is 6.05. The van der Waals surface area contributed by atoms with Crippen LogP contribution in [0.25, 0.3) is 0 Å². The molecule has 0 heterocycles. The lowest BCUT2D eigenvalue weighted by Gasteiger charge is -2.25. The van der Waals surface area contributed by atoms with E-state index in [1.54, 1.807) is 12.1 Å². The molecule has 1 fully saturated rings. The van der Waals surface area contributed by atoms with Crippen molar-refractivity contribution in [1.82, 2.24) is 5.32 Å². The average molecular weight is 301 g/mol. The van der Waals surface area contributed by atoms with E-state index in [1.807, 2.05) is 13.0 Å². The number of rotatable bonds is 3. The van der Waals surface area contributed by atoms with Crippen molar-refractivity contribution in [3.8, 4) is 0 Å². The third-order valence-electron chi connectivity index (χ3n) is 3.74. The van der Waals surface area contributed by atoms with Crippen molar-refractivity contribution < 1.29 is 4.79 Å². The van der Waals surface area contributed by atoms with Gasteiger partial charge in [0.25, 0.3) is 0 Å². The molecular formula is C14H18Cl2N2O.